The Hall–Kier alpha value is -1.15. The summed E-state index contributed by atoms with van der Waals surface area (Å²) in [6.45, 7) is 6.37. The van der Waals surface area contributed by atoms with E-state index in [1.807, 2.05) is 6.92 Å². The van der Waals surface area contributed by atoms with Gasteiger partial charge in [-0.25, -0.2) is 13.4 Å². The Morgan fingerprint density at radius 3 is 2.59 bits per heavy atom. The van der Waals surface area contributed by atoms with Gasteiger partial charge in [-0.3, -0.25) is 9.52 Å². The van der Waals surface area contributed by atoms with Crippen LogP contribution in [0.15, 0.2) is 5.38 Å². The molecule has 0 radical (unpaired) electrons. The second-order valence-electron chi connectivity index (χ2n) is 5.99. The minimum atomic E-state index is -3.33. The molecule has 0 saturated heterocycles. The maximum atomic E-state index is 11.9. The lowest BCUT2D eigenvalue weighted by molar-refractivity contribution is -0.121. The molecule has 0 aliphatic rings. The summed E-state index contributed by atoms with van der Waals surface area (Å²) in [6.07, 6.45) is 4.45. The van der Waals surface area contributed by atoms with Crippen molar-refractivity contribution in [3.63, 3.8) is 0 Å². The number of carbonyl (C=O) groups excluding carboxylic acids is 1. The average molecular weight is 348 g/mol. The molecule has 0 spiro atoms. The molecule has 0 aliphatic carbocycles. The van der Waals surface area contributed by atoms with Gasteiger partial charge in [0.25, 0.3) is 0 Å². The van der Waals surface area contributed by atoms with Gasteiger partial charge in [0.15, 0.2) is 5.13 Å². The second kappa shape index (κ2) is 8.47. The van der Waals surface area contributed by atoms with Crippen LogP contribution in [0.4, 0.5) is 5.13 Å². The monoisotopic (exact) mass is 347 g/mol. The topological polar surface area (TPSA) is 88.2 Å². The number of amides is 1. The number of anilines is 1. The van der Waals surface area contributed by atoms with Crippen molar-refractivity contribution in [3.8, 4) is 0 Å². The maximum absolute atomic E-state index is 11.9. The number of sulfonamides is 1. The number of nitrogens with zero attached hydrogens (tertiary/aromatic N) is 1. The van der Waals surface area contributed by atoms with Crippen molar-refractivity contribution in [1.29, 1.82) is 0 Å². The first kappa shape index (κ1) is 18.9. The highest BCUT2D eigenvalue weighted by Gasteiger charge is 2.12. The van der Waals surface area contributed by atoms with Crippen LogP contribution in [0.2, 0.25) is 0 Å². The highest BCUT2D eigenvalue weighted by atomic mass is 32.2. The Bertz CT molecular complexity index is 582. The Morgan fingerprint density at radius 2 is 2.00 bits per heavy atom. The number of carbonyl (C=O) groups is 1. The largest absolute Gasteiger partial charge is 0.353 e. The van der Waals surface area contributed by atoms with Crippen molar-refractivity contribution in [2.75, 3.05) is 11.0 Å². The normalized spacial score (nSPS) is 13.1. The lowest BCUT2D eigenvalue weighted by Gasteiger charge is -2.14. The Labute approximate surface area is 136 Å². The second-order valence-corrected chi connectivity index (χ2v) is 8.59. The van der Waals surface area contributed by atoms with Crippen molar-refractivity contribution in [1.82, 2.24) is 10.3 Å². The van der Waals surface area contributed by atoms with E-state index in [9.17, 15) is 13.2 Å². The number of rotatable bonds is 9. The highest BCUT2D eigenvalue weighted by molar-refractivity contribution is 7.92. The van der Waals surface area contributed by atoms with Crippen LogP contribution in [0.1, 0.15) is 45.7 Å². The third kappa shape index (κ3) is 8.33. The van der Waals surface area contributed by atoms with Crippen LogP contribution >= 0.6 is 11.3 Å². The van der Waals surface area contributed by atoms with Crippen molar-refractivity contribution >= 4 is 32.4 Å². The SMILES string of the molecule is CC(C)CCC[C@@H](C)NC(=O)Cc1csc(NS(C)(=O)=O)n1. The Morgan fingerprint density at radius 1 is 1.32 bits per heavy atom. The first-order valence-electron chi connectivity index (χ1n) is 7.37. The summed E-state index contributed by atoms with van der Waals surface area (Å²) in [7, 11) is -3.33. The molecule has 1 aromatic heterocycles. The molecule has 6 nitrogen and oxygen atoms in total. The number of hydrogen-bond donors (Lipinski definition) is 2. The molecule has 8 heteroatoms. The third-order valence-electron chi connectivity index (χ3n) is 2.99. The molecule has 126 valence electrons. The Kier molecular flexibility index (Phi) is 7.28. The minimum Gasteiger partial charge on any atom is -0.353 e. The molecule has 1 rings (SSSR count). The van der Waals surface area contributed by atoms with Crippen LogP contribution in [0.25, 0.3) is 0 Å². The number of aromatic nitrogens is 1. The molecule has 0 aromatic carbocycles. The van der Waals surface area contributed by atoms with E-state index in [4.69, 9.17) is 0 Å². The molecule has 0 unspecified atom stereocenters. The molecular weight excluding hydrogens is 322 g/mol. The summed E-state index contributed by atoms with van der Waals surface area (Å²) in [5.41, 5.74) is 0.572. The number of thiazole rings is 1. The van der Waals surface area contributed by atoms with Crippen LogP contribution in [0, 0.1) is 5.92 Å². The average Bonchev–Trinajstić information content (AvgIpc) is 2.72. The first-order valence-corrected chi connectivity index (χ1v) is 10.1. The summed E-state index contributed by atoms with van der Waals surface area (Å²) >= 11 is 1.17. The molecule has 1 amide bonds. The predicted molar refractivity (Wildman–Crippen MR) is 90.6 cm³/mol. The summed E-state index contributed by atoms with van der Waals surface area (Å²) in [4.78, 5) is 16.0. The fraction of sp³-hybridized carbons (Fsp3) is 0.714. The fourth-order valence-electron chi connectivity index (χ4n) is 1.99. The smallest absolute Gasteiger partial charge is 0.231 e. The van der Waals surface area contributed by atoms with Crippen molar-refractivity contribution in [2.24, 2.45) is 5.92 Å². The lowest BCUT2D eigenvalue weighted by Crippen LogP contribution is -2.33. The minimum absolute atomic E-state index is 0.0896. The molecular formula is C14H25N3O3S2. The zero-order valence-corrected chi connectivity index (χ0v) is 15.2. The Balaban J connectivity index is 2.38. The van der Waals surface area contributed by atoms with Gasteiger partial charge in [0.2, 0.25) is 15.9 Å². The third-order valence-corrected chi connectivity index (χ3v) is 4.49. The summed E-state index contributed by atoms with van der Waals surface area (Å²) in [5, 5.41) is 4.92. The predicted octanol–water partition coefficient (Wildman–Crippen LogP) is 2.39. The molecule has 22 heavy (non-hydrogen) atoms. The van der Waals surface area contributed by atoms with Crippen LogP contribution in [0.5, 0.6) is 0 Å². The van der Waals surface area contributed by atoms with E-state index in [0.29, 0.717) is 11.6 Å². The van der Waals surface area contributed by atoms with Crippen molar-refractivity contribution in [3.05, 3.63) is 11.1 Å². The molecule has 2 N–H and O–H groups in total. The van der Waals surface area contributed by atoms with Crippen molar-refractivity contribution < 1.29 is 13.2 Å². The van der Waals surface area contributed by atoms with Gasteiger partial charge in [0.1, 0.15) is 0 Å². The summed E-state index contributed by atoms with van der Waals surface area (Å²) < 4.78 is 24.5. The van der Waals surface area contributed by atoms with Gasteiger partial charge >= 0.3 is 0 Å². The van der Waals surface area contributed by atoms with Crippen LogP contribution in [-0.4, -0.2) is 31.6 Å². The van der Waals surface area contributed by atoms with E-state index in [1.165, 1.54) is 11.3 Å². The van der Waals surface area contributed by atoms with E-state index >= 15 is 0 Å². The maximum Gasteiger partial charge on any atom is 0.231 e. The van der Waals surface area contributed by atoms with Gasteiger partial charge in [0.05, 0.1) is 18.4 Å². The quantitative estimate of drug-likeness (QED) is 0.718. The van der Waals surface area contributed by atoms with Crippen LogP contribution in [-0.2, 0) is 21.2 Å². The number of nitrogens with one attached hydrogen (secondary N) is 2. The first-order chi connectivity index (χ1) is 10.2. The molecule has 1 heterocycles. The lowest BCUT2D eigenvalue weighted by atomic mass is 10.0. The van der Waals surface area contributed by atoms with E-state index < -0.39 is 10.0 Å². The van der Waals surface area contributed by atoms with Gasteiger partial charge in [-0.15, -0.1) is 11.3 Å². The van der Waals surface area contributed by atoms with E-state index in [-0.39, 0.29) is 23.5 Å². The van der Waals surface area contributed by atoms with Gasteiger partial charge in [-0.1, -0.05) is 26.7 Å². The number of hydrogen-bond acceptors (Lipinski definition) is 5. The summed E-state index contributed by atoms with van der Waals surface area (Å²) in [6, 6.07) is 0.138. The zero-order valence-electron chi connectivity index (χ0n) is 13.5. The molecule has 1 aromatic rings. The van der Waals surface area contributed by atoms with Crippen LogP contribution < -0.4 is 10.0 Å². The molecule has 0 aliphatic heterocycles. The molecule has 0 saturated carbocycles. The van der Waals surface area contributed by atoms with Gasteiger partial charge < -0.3 is 5.32 Å². The highest BCUT2D eigenvalue weighted by Crippen LogP contribution is 2.17. The van der Waals surface area contributed by atoms with E-state index in [2.05, 4.69) is 28.9 Å². The molecule has 0 fully saturated rings. The standard InChI is InChI=1S/C14H25N3O3S2/c1-10(2)6-5-7-11(3)15-13(18)8-12-9-21-14(16-12)17-22(4,19)20/h9-11H,5-8H2,1-4H3,(H,15,18)(H,16,17)/t11-/m1/s1. The van der Waals surface area contributed by atoms with Gasteiger partial charge in [0, 0.05) is 11.4 Å². The van der Waals surface area contributed by atoms with Crippen LogP contribution in [0.3, 0.4) is 0 Å². The summed E-state index contributed by atoms with van der Waals surface area (Å²) in [5.74, 6) is 0.590. The van der Waals surface area contributed by atoms with Gasteiger partial charge in [-0.2, -0.15) is 0 Å². The van der Waals surface area contributed by atoms with Crippen molar-refractivity contribution in [2.45, 2.75) is 52.5 Å². The molecule has 0 bridgehead atoms. The molecule has 1 atom stereocenters. The van der Waals surface area contributed by atoms with Gasteiger partial charge in [-0.05, 0) is 19.3 Å². The fourth-order valence-corrected chi connectivity index (χ4v) is 3.55. The zero-order chi connectivity index (χ0) is 16.8. The van der Waals surface area contributed by atoms with E-state index in [1.54, 1.807) is 5.38 Å². The van der Waals surface area contributed by atoms with E-state index in [0.717, 1.165) is 25.5 Å².